The lowest BCUT2D eigenvalue weighted by atomic mass is 10.2. The second-order valence-electron chi connectivity index (χ2n) is 6.80. The Balaban J connectivity index is 1.32. The maximum absolute atomic E-state index is 12.9. The molecule has 2 aromatic heterocycles. The van der Waals surface area contributed by atoms with Gasteiger partial charge in [-0.05, 0) is 12.1 Å². The number of benzene rings is 2. The smallest absolute Gasteiger partial charge is 0.275 e. The average molecular weight is 408 g/mol. The van der Waals surface area contributed by atoms with Crippen LogP contribution in [0.3, 0.4) is 0 Å². The predicted molar refractivity (Wildman–Crippen MR) is 110 cm³/mol. The number of hydrogen-bond acceptors (Lipinski definition) is 7. The zero-order chi connectivity index (χ0) is 20.0. The normalized spacial score (nSPS) is 14.6. The van der Waals surface area contributed by atoms with Crippen molar-refractivity contribution in [1.29, 1.82) is 0 Å². The van der Waals surface area contributed by atoms with Crippen LogP contribution in [0, 0.1) is 10.1 Å². The molecule has 1 aliphatic heterocycles. The summed E-state index contributed by atoms with van der Waals surface area (Å²) in [7, 11) is 0. The van der Waals surface area contributed by atoms with Gasteiger partial charge < -0.3 is 9.80 Å². The zero-order valence-corrected chi connectivity index (χ0v) is 16.1. The topological polar surface area (TPSA) is 108 Å². The summed E-state index contributed by atoms with van der Waals surface area (Å²) in [6.07, 6.45) is 0. The van der Waals surface area contributed by atoms with Crippen LogP contribution in [-0.4, -0.2) is 57.1 Å². The van der Waals surface area contributed by atoms with Crippen LogP contribution in [0.25, 0.3) is 21.1 Å². The molecule has 0 atom stereocenters. The summed E-state index contributed by atoms with van der Waals surface area (Å²) in [5, 5.41) is 19.7. The number of nitro benzene ring substituents is 1. The van der Waals surface area contributed by atoms with E-state index in [9.17, 15) is 14.9 Å². The standard InChI is InChI=1S/C19H16N6O3S/c26-18(17-13-3-1-2-4-14(13)21-22-17)23-7-9-24(10-8-23)19-20-15-6-5-12(25(27)28)11-16(15)29-19/h1-6,11H,7-10H2,(H,21,22). The number of rotatable bonds is 3. The Hall–Kier alpha value is -3.53. The number of piperazine rings is 1. The van der Waals surface area contributed by atoms with E-state index in [1.807, 2.05) is 24.3 Å². The first-order valence-corrected chi connectivity index (χ1v) is 9.94. The van der Waals surface area contributed by atoms with E-state index in [4.69, 9.17) is 0 Å². The van der Waals surface area contributed by atoms with Gasteiger partial charge in [0.1, 0.15) is 0 Å². The molecule has 2 aromatic carbocycles. The van der Waals surface area contributed by atoms with Crippen LogP contribution in [0.2, 0.25) is 0 Å². The molecule has 1 amide bonds. The summed E-state index contributed by atoms with van der Waals surface area (Å²) in [6.45, 7) is 2.43. The predicted octanol–water partition coefficient (Wildman–Crippen LogP) is 3.04. The average Bonchev–Trinajstić information content (AvgIpc) is 3.37. The number of nitrogens with zero attached hydrogens (tertiary/aromatic N) is 5. The molecule has 10 heteroatoms. The molecule has 0 aliphatic carbocycles. The molecule has 0 unspecified atom stereocenters. The molecule has 9 nitrogen and oxygen atoms in total. The van der Waals surface area contributed by atoms with E-state index in [2.05, 4.69) is 20.1 Å². The number of fused-ring (bicyclic) bond motifs is 2. The SMILES string of the molecule is O=C(c1n[nH]c2ccccc12)N1CCN(c2nc3ccc([N+](=O)[O-])cc3s2)CC1. The van der Waals surface area contributed by atoms with Crippen molar-refractivity contribution >= 4 is 49.2 Å². The number of para-hydroxylation sites is 1. The van der Waals surface area contributed by atoms with Gasteiger partial charge in [-0.3, -0.25) is 20.0 Å². The molecular weight excluding hydrogens is 392 g/mol. The highest BCUT2D eigenvalue weighted by Crippen LogP contribution is 2.32. The van der Waals surface area contributed by atoms with Crippen molar-refractivity contribution in [3.05, 3.63) is 58.3 Å². The zero-order valence-electron chi connectivity index (χ0n) is 15.2. The minimum atomic E-state index is -0.401. The van der Waals surface area contributed by atoms with Crippen molar-refractivity contribution in [1.82, 2.24) is 20.1 Å². The summed E-state index contributed by atoms with van der Waals surface area (Å²) in [5.41, 5.74) is 2.10. The van der Waals surface area contributed by atoms with E-state index in [1.54, 1.807) is 17.0 Å². The number of H-pyrrole nitrogens is 1. The number of nitrogens with one attached hydrogen (secondary N) is 1. The Morgan fingerprint density at radius 2 is 1.93 bits per heavy atom. The fourth-order valence-electron chi connectivity index (χ4n) is 3.53. The molecular formula is C19H16N6O3S. The number of anilines is 1. The van der Waals surface area contributed by atoms with Gasteiger partial charge >= 0.3 is 0 Å². The molecule has 0 spiro atoms. The molecule has 29 heavy (non-hydrogen) atoms. The van der Waals surface area contributed by atoms with Crippen molar-refractivity contribution in [3.8, 4) is 0 Å². The van der Waals surface area contributed by atoms with Gasteiger partial charge in [-0.15, -0.1) is 0 Å². The van der Waals surface area contributed by atoms with Gasteiger partial charge in [-0.2, -0.15) is 5.10 Å². The third-order valence-electron chi connectivity index (χ3n) is 5.08. The van der Waals surface area contributed by atoms with E-state index >= 15 is 0 Å². The molecule has 1 N–H and O–H groups in total. The number of carbonyl (C=O) groups excluding carboxylic acids is 1. The second-order valence-corrected chi connectivity index (χ2v) is 7.81. The van der Waals surface area contributed by atoms with E-state index < -0.39 is 4.92 Å². The van der Waals surface area contributed by atoms with Crippen LogP contribution >= 0.6 is 11.3 Å². The lowest BCUT2D eigenvalue weighted by Gasteiger charge is -2.34. The number of amides is 1. The van der Waals surface area contributed by atoms with E-state index in [0.29, 0.717) is 31.9 Å². The molecule has 0 bridgehead atoms. The summed E-state index contributed by atoms with van der Waals surface area (Å²) >= 11 is 1.43. The first-order valence-electron chi connectivity index (χ1n) is 9.12. The summed E-state index contributed by atoms with van der Waals surface area (Å²) in [6, 6.07) is 12.3. The van der Waals surface area contributed by atoms with E-state index in [-0.39, 0.29) is 11.6 Å². The summed E-state index contributed by atoms with van der Waals surface area (Å²) in [4.78, 5) is 32.0. The maximum atomic E-state index is 12.9. The Labute approximate surface area is 168 Å². The number of non-ortho nitro benzene ring substituents is 1. The van der Waals surface area contributed by atoms with Crippen LogP contribution < -0.4 is 4.90 Å². The minimum absolute atomic E-state index is 0.0642. The maximum Gasteiger partial charge on any atom is 0.275 e. The highest BCUT2D eigenvalue weighted by atomic mass is 32.1. The van der Waals surface area contributed by atoms with Crippen molar-refractivity contribution in [3.63, 3.8) is 0 Å². The molecule has 1 fully saturated rings. The first kappa shape index (κ1) is 17.6. The number of aromatic nitrogens is 3. The minimum Gasteiger partial charge on any atom is -0.345 e. The first-order chi connectivity index (χ1) is 14.1. The molecule has 4 aromatic rings. The fraction of sp³-hybridized carbons (Fsp3) is 0.211. The molecule has 1 saturated heterocycles. The third-order valence-corrected chi connectivity index (χ3v) is 6.16. The fourth-order valence-corrected chi connectivity index (χ4v) is 4.58. The van der Waals surface area contributed by atoms with E-state index in [0.717, 1.165) is 26.3 Å². The second kappa shape index (κ2) is 6.82. The van der Waals surface area contributed by atoms with Gasteiger partial charge in [-0.1, -0.05) is 29.5 Å². The quantitative estimate of drug-likeness (QED) is 0.412. The molecule has 146 valence electrons. The van der Waals surface area contributed by atoms with Crippen LogP contribution in [0.1, 0.15) is 10.5 Å². The highest BCUT2D eigenvalue weighted by Gasteiger charge is 2.26. The third kappa shape index (κ3) is 3.07. The number of thiazole rings is 1. The van der Waals surface area contributed by atoms with Crippen LogP contribution in [0.4, 0.5) is 10.8 Å². The number of carbonyl (C=O) groups is 1. The Morgan fingerprint density at radius 3 is 2.72 bits per heavy atom. The number of nitro groups is 1. The van der Waals surface area contributed by atoms with Gasteiger partial charge in [0.05, 0.1) is 20.7 Å². The van der Waals surface area contributed by atoms with Gasteiger partial charge in [0.15, 0.2) is 10.8 Å². The van der Waals surface area contributed by atoms with Gasteiger partial charge in [-0.25, -0.2) is 4.98 Å². The Bertz CT molecular complexity index is 1240. The lowest BCUT2D eigenvalue weighted by molar-refractivity contribution is -0.384. The highest BCUT2D eigenvalue weighted by molar-refractivity contribution is 7.22. The summed E-state index contributed by atoms with van der Waals surface area (Å²) in [5.74, 6) is -0.0815. The van der Waals surface area contributed by atoms with Crippen LogP contribution in [0.15, 0.2) is 42.5 Å². The number of hydrogen-bond donors (Lipinski definition) is 1. The lowest BCUT2D eigenvalue weighted by Crippen LogP contribution is -2.48. The van der Waals surface area contributed by atoms with Crippen molar-refractivity contribution in [2.45, 2.75) is 0 Å². The number of aromatic amines is 1. The van der Waals surface area contributed by atoms with Gasteiger partial charge in [0, 0.05) is 43.7 Å². The molecule has 0 radical (unpaired) electrons. The summed E-state index contributed by atoms with van der Waals surface area (Å²) < 4.78 is 0.788. The molecule has 3 heterocycles. The van der Waals surface area contributed by atoms with Gasteiger partial charge in [0.2, 0.25) is 0 Å². The van der Waals surface area contributed by atoms with Crippen LogP contribution in [0.5, 0.6) is 0 Å². The van der Waals surface area contributed by atoms with Gasteiger partial charge in [0.25, 0.3) is 11.6 Å². The molecule has 1 aliphatic rings. The van der Waals surface area contributed by atoms with Crippen molar-refractivity contribution < 1.29 is 9.72 Å². The van der Waals surface area contributed by atoms with Crippen molar-refractivity contribution in [2.24, 2.45) is 0 Å². The monoisotopic (exact) mass is 408 g/mol. The van der Waals surface area contributed by atoms with E-state index in [1.165, 1.54) is 17.4 Å². The van der Waals surface area contributed by atoms with Crippen LogP contribution in [-0.2, 0) is 0 Å². The Morgan fingerprint density at radius 1 is 1.14 bits per heavy atom. The Kier molecular flexibility index (Phi) is 4.13. The largest absolute Gasteiger partial charge is 0.345 e. The molecule has 0 saturated carbocycles. The van der Waals surface area contributed by atoms with Crippen molar-refractivity contribution in [2.75, 3.05) is 31.1 Å². The molecule has 5 rings (SSSR count).